The molecule has 5 nitrogen and oxygen atoms in total. The largest absolute Gasteiger partial charge is 0.354 e. The summed E-state index contributed by atoms with van der Waals surface area (Å²) in [7, 11) is 0. The molecule has 2 saturated heterocycles. The molecule has 1 saturated carbocycles. The maximum atomic E-state index is 12.6. The monoisotopic (exact) mass is 279 g/mol. The molecule has 4 unspecified atom stereocenters. The van der Waals surface area contributed by atoms with Crippen LogP contribution in [0.3, 0.4) is 0 Å². The molecule has 2 amide bonds. The minimum atomic E-state index is 0.0290. The third-order valence-corrected chi connectivity index (χ3v) is 5.21. The van der Waals surface area contributed by atoms with Crippen LogP contribution in [0.5, 0.6) is 0 Å². The number of fused-ring (bicyclic) bond motifs is 1. The van der Waals surface area contributed by atoms with Crippen molar-refractivity contribution in [3.63, 3.8) is 0 Å². The zero-order valence-electron chi connectivity index (χ0n) is 12.0. The molecule has 4 atom stereocenters. The zero-order chi connectivity index (χ0) is 14.1. The maximum absolute atomic E-state index is 12.6. The number of rotatable bonds is 2. The van der Waals surface area contributed by atoms with E-state index in [1.807, 2.05) is 4.90 Å². The quantitative estimate of drug-likeness (QED) is 0.778. The summed E-state index contributed by atoms with van der Waals surface area (Å²) in [6, 6.07) is 0.367. The van der Waals surface area contributed by atoms with Crippen molar-refractivity contribution >= 4 is 11.8 Å². The first kappa shape index (κ1) is 13.9. The van der Waals surface area contributed by atoms with Crippen LogP contribution in [0.25, 0.3) is 0 Å². The molecule has 3 aliphatic rings. The average molecular weight is 279 g/mol. The number of nitrogens with zero attached hydrogens (tertiary/aromatic N) is 1. The minimum Gasteiger partial charge on any atom is -0.354 e. The minimum absolute atomic E-state index is 0.0290. The normalized spacial score (nSPS) is 37.5. The number of amides is 2. The van der Waals surface area contributed by atoms with E-state index in [9.17, 15) is 9.59 Å². The Morgan fingerprint density at radius 3 is 2.95 bits per heavy atom. The highest BCUT2D eigenvalue weighted by molar-refractivity contribution is 5.84. The van der Waals surface area contributed by atoms with E-state index in [-0.39, 0.29) is 29.8 Å². The number of nitrogens with one attached hydrogen (secondary N) is 1. The lowest BCUT2D eigenvalue weighted by molar-refractivity contribution is -0.137. The molecule has 0 aromatic heterocycles. The van der Waals surface area contributed by atoms with Gasteiger partial charge in [-0.05, 0) is 38.0 Å². The number of likely N-dealkylation sites (tertiary alicyclic amines) is 1. The fourth-order valence-corrected chi connectivity index (χ4v) is 4.14. The van der Waals surface area contributed by atoms with E-state index in [1.165, 1.54) is 0 Å². The molecule has 2 heterocycles. The SMILES string of the molecule is NC1CCCC(CC(=O)N2CCCC3C(=O)NCC32)C1. The van der Waals surface area contributed by atoms with Crippen molar-refractivity contribution in [2.24, 2.45) is 17.6 Å². The van der Waals surface area contributed by atoms with Gasteiger partial charge in [0.15, 0.2) is 0 Å². The van der Waals surface area contributed by atoms with Crippen molar-refractivity contribution in [2.75, 3.05) is 13.1 Å². The van der Waals surface area contributed by atoms with Crippen LogP contribution >= 0.6 is 0 Å². The maximum Gasteiger partial charge on any atom is 0.225 e. The molecule has 112 valence electrons. The van der Waals surface area contributed by atoms with Crippen LogP contribution in [0.1, 0.15) is 44.9 Å². The van der Waals surface area contributed by atoms with Crippen LogP contribution in [-0.4, -0.2) is 41.9 Å². The van der Waals surface area contributed by atoms with E-state index in [4.69, 9.17) is 5.73 Å². The topological polar surface area (TPSA) is 75.4 Å². The molecule has 5 heteroatoms. The third kappa shape index (κ3) is 2.68. The fraction of sp³-hybridized carbons (Fsp3) is 0.867. The second-order valence-electron chi connectivity index (χ2n) is 6.65. The van der Waals surface area contributed by atoms with Crippen LogP contribution in [0.2, 0.25) is 0 Å². The predicted octanol–water partition coefficient (Wildman–Crippen LogP) is 0.631. The lowest BCUT2D eigenvalue weighted by Gasteiger charge is -2.37. The van der Waals surface area contributed by atoms with E-state index in [2.05, 4.69) is 5.32 Å². The van der Waals surface area contributed by atoms with Crippen LogP contribution in [0.15, 0.2) is 0 Å². The van der Waals surface area contributed by atoms with Crippen molar-refractivity contribution in [3.05, 3.63) is 0 Å². The Morgan fingerprint density at radius 2 is 2.15 bits per heavy atom. The molecule has 20 heavy (non-hydrogen) atoms. The molecule has 3 fully saturated rings. The van der Waals surface area contributed by atoms with E-state index in [0.29, 0.717) is 18.9 Å². The fourth-order valence-electron chi connectivity index (χ4n) is 4.14. The highest BCUT2D eigenvalue weighted by Crippen LogP contribution is 2.31. The highest BCUT2D eigenvalue weighted by atomic mass is 16.2. The molecule has 2 aliphatic heterocycles. The number of hydrogen-bond donors (Lipinski definition) is 2. The number of nitrogens with two attached hydrogens (primary N) is 1. The molecule has 0 spiro atoms. The van der Waals surface area contributed by atoms with Gasteiger partial charge in [0.25, 0.3) is 0 Å². The van der Waals surface area contributed by atoms with E-state index >= 15 is 0 Å². The molecular formula is C15H25N3O2. The second kappa shape index (κ2) is 5.72. The first-order chi connectivity index (χ1) is 9.65. The Balaban J connectivity index is 1.60. The number of hydrogen-bond acceptors (Lipinski definition) is 3. The molecule has 3 rings (SSSR count). The molecule has 3 N–H and O–H groups in total. The first-order valence-corrected chi connectivity index (χ1v) is 7.98. The summed E-state index contributed by atoms with van der Waals surface area (Å²) in [6.45, 7) is 1.45. The third-order valence-electron chi connectivity index (χ3n) is 5.21. The molecule has 1 aliphatic carbocycles. The van der Waals surface area contributed by atoms with E-state index in [1.54, 1.807) is 0 Å². The summed E-state index contributed by atoms with van der Waals surface area (Å²) in [5.41, 5.74) is 6.00. The van der Waals surface area contributed by atoms with Crippen molar-refractivity contribution in [1.82, 2.24) is 10.2 Å². The zero-order valence-corrected chi connectivity index (χ0v) is 12.0. The Bertz CT molecular complexity index is 399. The van der Waals surface area contributed by atoms with Crippen molar-refractivity contribution < 1.29 is 9.59 Å². The second-order valence-corrected chi connectivity index (χ2v) is 6.65. The van der Waals surface area contributed by atoms with Gasteiger partial charge in [-0.2, -0.15) is 0 Å². The summed E-state index contributed by atoms with van der Waals surface area (Å²) >= 11 is 0. The van der Waals surface area contributed by atoms with Gasteiger partial charge in [0.2, 0.25) is 11.8 Å². The number of piperidine rings is 1. The summed E-state index contributed by atoms with van der Waals surface area (Å²) in [5.74, 6) is 0.834. The van der Waals surface area contributed by atoms with Gasteiger partial charge in [-0.25, -0.2) is 0 Å². The summed E-state index contributed by atoms with van der Waals surface area (Å²) in [5, 5.41) is 2.90. The van der Waals surface area contributed by atoms with Crippen molar-refractivity contribution in [2.45, 2.75) is 57.0 Å². The predicted molar refractivity (Wildman–Crippen MR) is 75.8 cm³/mol. The number of carbonyl (C=O) groups excluding carboxylic acids is 2. The Labute approximate surface area is 120 Å². The average Bonchev–Trinajstić information content (AvgIpc) is 2.81. The number of carbonyl (C=O) groups is 2. The van der Waals surface area contributed by atoms with E-state index < -0.39 is 0 Å². The Kier molecular flexibility index (Phi) is 3.96. The van der Waals surface area contributed by atoms with Gasteiger partial charge in [0.05, 0.1) is 12.0 Å². The Morgan fingerprint density at radius 1 is 1.30 bits per heavy atom. The van der Waals surface area contributed by atoms with Gasteiger partial charge < -0.3 is 16.0 Å². The van der Waals surface area contributed by atoms with Gasteiger partial charge in [-0.3, -0.25) is 9.59 Å². The van der Waals surface area contributed by atoms with Crippen LogP contribution in [-0.2, 0) is 9.59 Å². The molecule has 0 radical (unpaired) electrons. The molecular weight excluding hydrogens is 254 g/mol. The van der Waals surface area contributed by atoms with Gasteiger partial charge in [-0.1, -0.05) is 6.42 Å². The van der Waals surface area contributed by atoms with Crippen LogP contribution < -0.4 is 11.1 Å². The first-order valence-electron chi connectivity index (χ1n) is 7.98. The lowest BCUT2D eigenvalue weighted by atomic mass is 9.83. The molecule has 0 aromatic rings. The molecule has 0 bridgehead atoms. The summed E-state index contributed by atoms with van der Waals surface area (Å²) < 4.78 is 0. The van der Waals surface area contributed by atoms with Crippen molar-refractivity contribution in [3.8, 4) is 0 Å². The van der Waals surface area contributed by atoms with Gasteiger partial charge in [-0.15, -0.1) is 0 Å². The summed E-state index contributed by atoms with van der Waals surface area (Å²) in [4.78, 5) is 26.3. The van der Waals surface area contributed by atoms with Gasteiger partial charge in [0, 0.05) is 25.6 Å². The van der Waals surface area contributed by atoms with Gasteiger partial charge in [0.1, 0.15) is 0 Å². The van der Waals surface area contributed by atoms with E-state index in [0.717, 1.165) is 45.1 Å². The van der Waals surface area contributed by atoms with Gasteiger partial charge >= 0.3 is 0 Å². The van der Waals surface area contributed by atoms with Crippen LogP contribution in [0.4, 0.5) is 0 Å². The van der Waals surface area contributed by atoms with Crippen LogP contribution in [0, 0.1) is 11.8 Å². The van der Waals surface area contributed by atoms with Crippen molar-refractivity contribution in [1.29, 1.82) is 0 Å². The Hall–Kier alpha value is -1.10. The lowest BCUT2D eigenvalue weighted by Crippen LogP contribution is -2.49. The molecule has 0 aromatic carbocycles. The highest BCUT2D eigenvalue weighted by Gasteiger charge is 2.42. The smallest absolute Gasteiger partial charge is 0.225 e. The summed E-state index contributed by atoms with van der Waals surface area (Å²) in [6.07, 6.45) is 6.83. The standard InChI is InChI=1S/C15H25N3O2/c16-11-4-1-3-10(7-11)8-14(19)18-6-2-5-12-13(18)9-17-15(12)20/h10-13H,1-9,16H2,(H,17,20).